The van der Waals surface area contributed by atoms with Gasteiger partial charge in [-0.15, -0.1) is 0 Å². The van der Waals surface area contributed by atoms with Crippen molar-refractivity contribution in [3.63, 3.8) is 0 Å². The highest BCUT2D eigenvalue weighted by molar-refractivity contribution is 6.30. The van der Waals surface area contributed by atoms with Gasteiger partial charge < -0.3 is 15.2 Å². The second-order valence-electron chi connectivity index (χ2n) is 6.83. The fraction of sp³-hybridized carbons (Fsp3) is 0.0417. The van der Waals surface area contributed by atoms with E-state index in [2.05, 4.69) is 4.98 Å². The van der Waals surface area contributed by atoms with Crippen LogP contribution >= 0.6 is 11.6 Å². The molecule has 32 heavy (non-hydrogen) atoms. The van der Waals surface area contributed by atoms with Crippen LogP contribution in [-0.2, 0) is 0 Å². The summed E-state index contributed by atoms with van der Waals surface area (Å²) < 4.78 is 24.8. The van der Waals surface area contributed by atoms with Crippen molar-refractivity contribution in [1.29, 1.82) is 0 Å². The molecule has 160 valence electrons. The molecule has 0 fully saturated rings. The molecule has 2 N–H and O–H groups in total. The van der Waals surface area contributed by atoms with Crippen LogP contribution in [0.3, 0.4) is 0 Å². The van der Waals surface area contributed by atoms with Crippen molar-refractivity contribution in [3.8, 4) is 17.2 Å². The van der Waals surface area contributed by atoms with Crippen LogP contribution in [-0.4, -0.2) is 23.8 Å². The molecule has 1 aromatic heterocycles. The van der Waals surface area contributed by atoms with E-state index < -0.39 is 11.7 Å². The summed E-state index contributed by atoms with van der Waals surface area (Å²) in [5, 5.41) is 0.519. The molecular formula is C24H16ClFN2O4. The van der Waals surface area contributed by atoms with Gasteiger partial charge >= 0.3 is 0 Å². The van der Waals surface area contributed by atoms with Crippen molar-refractivity contribution in [3.05, 3.63) is 94.4 Å². The molecule has 1 heterocycles. The molecule has 0 bridgehead atoms. The summed E-state index contributed by atoms with van der Waals surface area (Å²) in [4.78, 5) is 28.7. The van der Waals surface area contributed by atoms with Gasteiger partial charge in [0.2, 0.25) is 0 Å². The van der Waals surface area contributed by atoms with Crippen molar-refractivity contribution in [2.24, 2.45) is 5.73 Å². The number of primary amides is 1. The zero-order chi connectivity index (χ0) is 22.8. The molecule has 3 aromatic carbocycles. The van der Waals surface area contributed by atoms with Gasteiger partial charge in [0.25, 0.3) is 5.91 Å². The SMILES string of the molecule is COc1cc2nccc(Oc3ccc(C(=O)c4ccc(Cl)c(F)c4)cc3)c2cc1C(N)=O. The predicted octanol–water partition coefficient (Wildman–Crippen LogP) is 5.16. The van der Waals surface area contributed by atoms with Gasteiger partial charge in [0.15, 0.2) is 5.78 Å². The van der Waals surface area contributed by atoms with Gasteiger partial charge in [-0.05, 0) is 54.6 Å². The minimum atomic E-state index is -0.658. The van der Waals surface area contributed by atoms with Gasteiger partial charge in [-0.1, -0.05) is 11.6 Å². The third kappa shape index (κ3) is 4.10. The maximum atomic E-state index is 13.7. The normalized spacial score (nSPS) is 10.7. The number of nitrogens with zero attached hydrogens (tertiary/aromatic N) is 1. The Morgan fingerprint density at radius 1 is 0.969 bits per heavy atom. The lowest BCUT2D eigenvalue weighted by Gasteiger charge is -2.12. The topological polar surface area (TPSA) is 91.5 Å². The van der Waals surface area contributed by atoms with E-state index in [9.17, 15) is 14.0 Å². The van der Waals surface area contributed by atoms with E-state index in [0.29, 0.717) is 33.7 Å². The molecule has 0 atom stereocenters. The number of aromatic nitrogens is 1. The largest absolute Gasteiger partial charge is 0.496 e. The van der Waals surface area contributed by atoms with E-state index in [1.165, 1.54) is 19.2 Å². The number of hydrogen-bond donors (Lipinski definition) is 1. The number of fused-ring (bicyclic) bond motifs is 1. The Morgan fingerprint density at radius 2 is 1.69 bits per heavy atom. The molecule has 8 heteroatoms. The first-order valence-electron chi connectivity index (χ1n) is 9.41. The monoisotopic (exact) mass is 450 g/mol. The number of carbonyl (C=O) groups excluding carboxylic acids is 2. The van der Waals surface area contributed by atoms with E-state index in [1.54, 1.807) is 48.7 Å². The first-order valence-corrected chi connectivity index (χ1v) is 9.79. The van der Waals surface area contributed by atoms with E-state index >= 15 is 0 Å². The van der Waals surface area contributed by atoms with Crippen LogP contribution in [0, 0.1) is 5.82 Å². The number of pyridine rings is 1. The smallest absolute Gasteiger partial charge is 0.252 e. The predicted molar refractivity (Wildman–Crippen MR) is 118 cm³/mol. The first kappa shape index (κ1) is 21.3. The molecule has 4 rings (SSSR count). The van der Waals surface area contributed by atoms with Crippen LogP contribution in [0.15, 0.2) is 66.9 Å². The summed E-state index contributed by atoms with van der Waals surface area (Å²) in [7, 11) is 1.44. The third-order valence-electron chi connectivity index (χ3n) is 4.81. The van der Waals surface area contributed by atoms with Crippen molar-refractivity contribution < 1.29 is 23.5 Å². The van der Waals surface area contributed by atoms with Crippen molar-refractivity contribution in [2.75, 3.05) is 7.11 Å². The highest BCUT2D eigenvalue weighted by Gasteiger charge is 2.15. The summed E-state index contributed by atoms with van der Waals surface area (Å²) in [6, 6.07) is 15.1. The zero-order valence-electron chi connectivity index (χ0n) is 16.8. The molecule has 0 saturated carbocycles. The second kappa shape index (κ2) is 8.64. The second-order valence-corrected chi connectivity index (χ2v) is 7.23. The van der Waals surface area contributed by atoms with Gasteiger partial charge in [0.1, 0.15) is 23.1 Å². The van der Waals surface area contributed by atoms with E-state index in [4.69, 9.17) is 26.8 Å². The van der Waals surface area contributed by atoms with E-state index in [1.807, 2.05) is 0 Å². The molecule has 1 amide bonds. The average molecular weight is 451 g/mol. The number of halogens is 2. The van der Waals surface area contributed by atoms with Crippen molar-refractivity contribution in [1.82, 2.24) is 4.98 Å². The minimum absolute atomic E-state index is 0.0491. The maximum Gasteiger partial charge on any atom is 0.252 e. The third-order valence-corrected chi connectivity index (χ3v) is 5.12. The molecule has 0 spiro atoms. The summed E-state index contributed by atoms with van der Waals surface area (Å²) in [5.74, 6) is -0.434. The van der Waals surface area contributed by atoms with Gasteiger partial charge in [-0.25, -0.2) is 4.39 Å². The van der Waals surface area contributed by atoms with Gasteiger partial charge in [0.05, 0.1) is 23.2 Å². The molecule has 0 saturated heterocycles. The van der Waals surface area contributed by atoms with Crippen molar-refractivity contribution in [2.45, 2.75) is 0 Å². The fourth-order valence-electron chi connectivity index (χ4n) is 3.20. The van der Waals surface area contributed by atoms with Crippen LogP contribution in [0.2, 0.25) is 5.02 Å². The fourth-order valence-corrected chi connectivity index (χ4v) is 3.32. The van der Waals surface area contributed by atoms with Gasteiger partial charge in [-0.2, -0.15) is 0 Å². The standard InChI is InChI=1S/C24H16ClFN2O4/c1-31-22-12-20-16(11-17(22)24(27)30)21(8-9-28-20)32-15-5-2-13(3-6-15)23(29)14-4-7-18(25)19(26)10-14/h2-12H,1H3,(H2,27,30). The van der Waals surface area contributed by atoms with Crippen LogP contribution in [0.5, 0.6) is 17.2 Å². The molecular weight excluding hydrogens is 435 g/mol. The average Bonchev–Trinajstić information content (AvgIpc) is 2.80. The Balaban J connectivity index is 1.63. The minimum Gasteiger partial charge on any atom is -0.496 e. The number of amides is 1. The molecule has 0 unspecified atom stereocenters. The van der Waals surface area contributed by atoms with Crippen molar-refractivity contribution >= 4 is 34.2 Å². The number of hydrogen-bond acceptors (Lipinski definition) is 5. The summed E-state index contributed by atoms with van der Waals surface area (Å²) >= 11 is 5.67. The number of nitrogens with two attached hydrogens (primary N) is 1. The molecule has 6 nitrogen and oxygen atoms in total. The highest BCUT2D eigenvalue weighted by Crippen LogP contribution is 2.33. The Morgan fingerprint density at radius 3 is 2.34 bits per heavy atom. The van der Waals surface area contributed by atoms with Crippen LogP contribution < -0.4 is 15.2 Å². The van der Waals surface area contributed by atoms with E-state index in [0.717, 1.165) is 6.07 Å². The number of ketones is 1. The Kier molecular flexibility index (Phi) is 5.75. The van der Waals surface area contributed by atoms with Crippen LogP contribution in [0.4, 0.5) is 4.39 Å². The summed E-state index contributed by atoms with van der Waals surface area (Å²) in [6.45, 7) is 0. The molecule has 0 aliphatic heterocycles. The Labute approximate surface area is 187 Å². The van der Waals surface area contributed by atoms with Gasteiger partial charge in [-0.3, -0.25) is 14.6 Å². The quantitative estimate of drug-likeness (QED) is 0.410. The van der Waals surface area contributed by atoms with Crippen LogP contribution in [0.1, 0.15) is 26.3 Å². The number of carbonyl (C=O) groups is 2. The zero-order valence-corrected chi connectivity index (χ0v) is 17.5. The van der Waals surface area contributed by atoms with Crippen LogP contribution in [0.25, 0.3) is 10.9 Å². The number of methoxy groups -OCH3 is 1. The number of benzene rings is 3. The van der Waals surface area contributed by atoms with E-state index in [-0.39, 0.29) is 21.9 Å². The summed E-state index contributed by atoms with van der Waals surface area (Å²) in [5.41, 5.74) is 6.76. The number of ether oxygens (including phenoxy) is 2. The molecule has 0 aliphatic carbocycles. The molecule has 4 aromatic rings. The highest BCUT2D eigenvalue weighted by atomic mass is 35.5. The summed E-state index contributed by atoms with van der Waals surface area (Å²) in [6.07, 6.45) is 1.56. The molecule has 0 aliphatic rings. The Bertz CT molecular complexity index is 1360. The lowest BCUT2D eigenvalue weighted by molar-refractivity contribution is 0.0996. The number of rotatable bonds is 6. The molecule has 0 radical (unpaired) electrons. The maximum absolute atomic E-state index is 13.7. The first-order chi connectivity index (χ1) is 15.4. The Hall–Kier alpha value is -3.97. The lowest BCUT2D eigenvalue weighted by atomic mass is 10.0. The van der Waals surface area contributed by atoms with Gasteiger partial charge in [0, 0.05) is 28.8 Å². The lowest BCUT2D eigenvalue weighted by Crippen LogP contribution is -2.12.